The molecule has 3 aromatic carbocycles. The number of carbonyl (C=O) groups is 2. The number of nitrogens with one attached hydrogen (secondary N) is 1. The van der Waals surface area contributed by atoms with Crippen LogP contribution in [0, 0.1) is 6.92 Å². The van der Waals surface area contributed by atoms with Crippen molar-refractivity contribution in [1.82, 2.24) is 20.2 Å². The van der Waals surface area contributed by atoms with Crippen LogP contribution in [0.4, 0.5) is 0 Å². The van der Waals surface area contributed by atoms with Gasteiger partial charge < -0.3 is 10.2 Å². The molecule has 0 aliphatic heterocycles. The van der Waals surface area contributed by atoms with E-state index >= 15 is 0 Å². The smallest absolute Gasteiger partial charge is 0.242 e. The fraction of sp³-hybridized carbons (Fsp3) is 0.200. The highest BCUT2D eigenvalue weighted by molar-refractivity contribution is 5.91. The summed E-state index contributed by atoms with van der Waals surface area (Å²) in [6.45, 7) is 2.15. The van der Waals surface area contributed by atoms with Crippen LogP contribution in [0.25, 0.3) is 21.7 Å². The van der Waals surface area contributed by atoms with Crippen LogP contribution in [0.5, 0.6) is 0 Å². The van der Waals surface area contributed by atoms with Crippen LogP contribution in [0.15, 0.2) is 66.7 Å². The van der Waals surface area contributed by atoms with Crippen molar-refractivity contribution < 1.29 is 9.59 Å². The summed E-state index contributed by atoms with van der Waals surface area (Å²) in [5.41, 5.74) is 2.68. The number of likely N-dealkylation sites (N-methyl/N-ethyl adjacent to an activating group) is 1. The molecular weight excluding hydrogens is 388 g/mol. The fourth-order valence-electron chi connectivity index (χ4n) is 3.66. The Bertz CT molecular complexity index is 1260. The Labute approximate surface area is 180 Å². The minimum atomic E-state index is -0.194. The van der Waals surface area contributed by atoms with Gasteiger partial charge in [0.25, 0.3) is 0 Å². The molecule has 6 nitrogen and oxygen atoms in total. The number of nitrogens with zero attached hydrogens (tertiary/aromatic N) is 3. The number of carbonyl (C=O) groups excluding carboxylic acids is 2. The van der Waals surface area contributed by atoms with Crippen LogP contribution < -0.4 is 5.32 Å². The van der Waals surface area contributed by atoms with Crippen molar-refractivity contribution in [3.63, 3.8) is 0 Å². The number of benzene rings is 3. The number of hydrogen-bond donors (Lipinski definition) is 1. The molecule has 0 fully saturated rings. The highest BCUT2D eigenvalue weighted by atomic mass is 16.2. The van der Waals surface area contributed by atoms with Gasteiger partial charge in [-0.15, -0.1) is 0 Å². The van der Waals surface area contributed by atoms with Gasteiger partial charge in [-0.3, -0.25) is 9.59 Å². The average Bonchev–Trinajstić information content (AvgIpc) is 2.78. The van der Waals surface area contributed by atoms with E-state index in [1.54, 1.807) is 7.05 Å². The van der Waals surface area contributed by atoms with Gasteiger partial charge in [0.15, 0.2) is 0 Å². The van der Waals surface area contributed by atoms with E-state index in [1.165, 1.54) is 4.90 Å². The number of rotatable bonds is 6. The summed E-state index contributed by atoms with van der Waals surface area (Å²) in [6.07, 6.45) is 0.228. The number of hydrogen-bond acceptors (Lipinski definition) is 4. The first-order valence-electron chi connectivity index (χ1n) is 10.2. The Balaban J connectivity index is 1.35. The number of fused-ring (bicyclic) bond motifs is 2. The third kappa shape index (κ3) is 4.69. The third-order valence-corrected chi connectivity index (χ3v) is 5.31. The lowest BCUT2D eigenvalue weighted by Crippen LogP contribution is -2.38. The minimum absolute atomic E-state index is 0.0628. The molecule has 0 unspecified atom stereocenters. The van der Waals surface area contributed by atoms with Crippen molar-refractivity contribution in [2.24, 2.45) is 0 Å². The molecule has 31 heavy (non-hydrogen) atoms. The van der Waals surface area contributed by atoms with Crippen molar-refractivity contribution in [2.45, 2.75) is 19.9 Å². The summed E-state index contributed by atoms with van der Waals surface area (Å²) in [6, 6.07) is 21.6. The lowest BCUT2D eigenvalue weighted by atomic mass is 10.0. The summed E-state index contributed by atoms with van der Waals surface area (Å²) >= 11 is 0. The van der Waals surface area contributed by atoms with Gasteiger partial charge in [-0.2, -0.15) is 0 Å². The zero-order chi connectivity index (χ0) is 21.8. The van der Waals surface area contributed by atoms with E-state index in [-0.39, 0.29) is 31.3 Å². The Hall–Kier alpha value is -3.80. The lowest BCUT2D eigenvalue weighted by Gasteiger charge is -2.17. The van der Waals surface area contributed by atoms with Gasteiger partial charge in [-0.05, 0) is 29.3 Å². The van der Waals surface area contributed by atoms with E-state index in [0.29, 0.717) is 5.82 Å². The first-order chi connectivity index (χ1) is 15.0. The third-order valence-electron chi connectivity index (χ3n) is 5.31. The summed E-state index contributed by atoms with van der Waals surface area (Å²) in [7, 11) is 1.69. The SMILES string of the molecule is Cc1nc(CN(C)C(=O)CNC(=O)Cc2cccc3ccccc23)nc2ccccc12. The molecule has 4 aromatic rings. The lowest BCUT2D eigenvalue weighted by molar-refractivity contribution is -0.132. The molecule has 0 aliphatic rings. The van der Waals surface area contributed by atoms with Gasteiger partial charge in [0.1, 0.15) is 5.82 Å². The van der Waals surface area contributed by atoms with Gasteiger partial charge >= 0.3 is 0 Å². The van der Waals surface area contributed by atoms with E-state index in [4.69, 9.17) is 0 Å². The molecule has 1 aromatic heterocycles. The quantitative estimate of drug-likeness (QED) is 0.527. The maximum Gasteiger partial charge on any atom is 0.242 e. The van der Waals surface area contributed by atoms with Crippen LogP contribution in [0.2, 0.25) is 0 Å². The Morgan fingerprint density at radius 1 is 0.903 bits per heavy atom. The standard InChI is InChI=1S/C25H24N4O2/c1-17-20-11-5-6-13-22(20)28-23(27-17)16-29(2)25(31)15-26-24(30)14-19-10-7-9-18-8-3-4-12-21(18)19/h3-13H,14-16H2,1-2H3,(H,26,30). The summed E-state index contributed by atoms with van der Waals surface area (Å²) < 4.78 is 0. The largest absolute Gasteiger partial charge is 0.347 e. The second kappa shape index (κ2) is 8.92. The topological polar surface area (TPSA) is 75.2 Å². The first-order valence-corrected chi connectivity index (χ1v) is 10.2. The summed E-state index contributed by atoms with van der Waals surface area (Å²) in [5, 5.41) is 5.87. The molecular formula is C25H24N4O2. The monoisotopic (exact) mass is 412 g/mol. The Kier molecular flexibility index (Phi) is 5.89. The van der Waals surface area contributed by atoms with Gasteiger partial charge in [0.2, 0.25) is 11.8 Å². The predicted molar refractivity (Wildman–Crippen MR) is 121 cm³/mol. The Morgan fingerprint density at radius 3 is 2.45 bits per heavy atom. The van der Waals surface area contributed by atoms with Crippen LogP contribution in [0.1, 0.15) is 17.1 Å². The van der Waals surface area contributed by atoms with E-state index in [9.17, 15) is 9.59 Å². The molecule has 0 spiro atoms. The molecule has 0 bridgehead atoms. The number of aryl methyl sites for hydroxylation is 1. The van der Waals surface area contributed by atoms with Crippen molar-refractivity contribution in [2.75, 3.05) is 13.6 Å². The summed E-state index contributed by atoms with van der Waals surface area (Å²) in [5.74, 6) is 0.200. The van der Waals surface area contributed by atoms with Crippen LogP contribution >= 0.6 is 0 Å². The van der Waals surface area contributed by atoms with E-state index in [2.05, 4.69) is 15.3 Å². The fourth-order valence-corrected chi connectivity index (χ4v) is 3.66. The molecule has 0 saturated carbocycles. The number of para-hydroxylation sites is 1. The molecule has 0 saturated heterocycles. The van der Waals surface area contributed by atoms with Crippen LogP contribution in [-0.4, -0.2) is 40.3 Å². The van der Waals surface area contributed by atoms with Crippen molar-refractivity contribution >= 4 is 33.5 Å². The second-order valence-electron chi connectivity index (χ2n) is 7.58. The predicted octanol–water partition coefficient (Wildman–Crippen LogP) is 3.41. The molecule has 1 heterocycles. The Morgan fingerprint density at radius 2 is 1.61 bits per heavy atom. The molecule has 2 amide bonds. The molecule has 1 N–H and O–H groups in total. The minimum Gasteiger partial charge on any atom is -0.347 e. The number of amides is 2. The van der Waals surface area contributed by atoms with Gasteiger partial charge in [0.05, 0.1) is 25.0 Å². The highest BCUT2D eigenvalue weighted by Gasteiger charge is 2.14. The zero-order valence-electron chi connectivity index (χ0n) is 17.6. The number of aromatic nitrogens is 2. The first kappa shape index (κ1) is 20.5. The van der Waals surface area contributed by atoms with Crippen molar-refractivity contribution in [3.8, 4) is 0 Å². The highest BCUT2D eigenvalue weighted by Crippen LogP contribution is 2.19. The maximum absolute atomic E-state index is 12.5. The molecule has 0 aliphatic carbocycles. The zero-order valence-corrected chi connectivity index (χ0v) is 17.6. The second-order valence-corrected chi connectivity index (χ2v) is 7.58. The van der Waals surface area contributed by atoms with Gasteiger partial charge in [0, 0.05) is 18.1 Å². The van der Waals surface area contributed by atoms with Gasteiger partial charge in [-0.1, -0.05) is 60.7 Å². The molecule has 0 radical (unpaired) electrons. The van der Waals surface area contributed by atoms with E-state index < -0.39 is 0 Å². The normalized spacial score (nSPS) is 10.9. The van der Waals surface area contributed by atoms with Crippen molar-refractivity contribution in [3.05, 3.63) is 83.8 Å². The summed E-state index contributed by atoms with van der Waals surface area (Å²) in [4.78, 5) is 35.5. The average molecular weight is 412 g/mol. The molecule has 4 rings (SSSR count). The molecule has 0 atom stereocenters. The van der Waals surface area contributed by atoms with E-state index in [0.717, 1.165) is 32.9 Å². The van der Waals surface area contributed by atoms with Crippen LogP contribution in [0.3, 0.4) is 0 Å². The molecule has 156 valence electrons. The maximum atomic E-state index is 12.5. The van der Waals surface area contributed by atoms with Gasteiger partial charge in [-0.25, -0.2) is 9.97 Å². The van der Waals surface area contributed by atoms with Crippen molar-refractivity contribution in [1.29, 1.82) is 0 Å². The molecule has 6 heteroatoms. The van der Waals surface area contributed by atoms with E-state index in [1.807, 2.05) is 73.7 Å². The van der Waals surface area contributed by atoms with Crippen LogP contribution in [-0.2, 0) is 22.6 Å².